The van der Waals surface area contributed by atoms with E-state index in [0.29, 0.717) is 6.54 Å². The first-order chi connectivity index (χ1) is 11.1. The summed E-state index contributed by atoms with van der Waals surface area (Å²) >= 11 is 0. The van der Waals surface area contributed by atoms with Crippen LogP contribution in [0.1, 0.15) is 32.1 Å². The van der Waals surface area contributed by atoms with Crippen molar-refractivity contribution in [3.63, 3.8) is 0 Å². The summed E-state index contributed by atoms with van der Waals surface area (Å²) < 4.78 is 29.0. The Labute approximate surface area is 137 Å². The van der Waals surface area contributed by atoms with Crippen molar-refractivity contribution in [1.29, 1.82) is 0 Å². The molecule has 23 heavy (non-hydrogen) atoms. The van der Waals surface area contributed by atoms with Crippen molar-refractivity contribution in [1.82, 2.24) is 14.5 Å². The standard InChI is InChI=1S/C17H21N3O2S/c21-23(22,19-13-11-15-5-2-1-3-6-15)17-9-7-16(8-10-17)20-14-4-12-18-20/h4-5,7-10,12,14,19H,1-3,6,11,13H2. The molecule has 1 heterocycles. The zero-order chi connectivity index (χ0) is 16.1. The lowest BCUT2D eigenvalue weighted by atomic mass is 9.97. The maximum Gasteiger partial charge on any atom is 0.240 e. The number of hydrogen-bond acceptors (Lipinski definition) is 3. The predicted octanol–water partition coefficient (Wildman–Crippen LogP) is 3.04. The molecule has 5 nitrogen and oxygen atoms in total. The van der Waals surface area contributed by atoms with Crippen molar-refractivity contribution in [2.24, 2.45) is 0 Å². The molecule has 1 aliphatic rings. The maximum absolute atomic E-state index is 12.3. The molecule has 0 bridgehead atoms. The van der Waals surface area contributed by atoms with Gasteiger partial charge in [-0.25, -0.2) is 17.8 Å². The number of allylic oxidation sites excluding steroid dienone is 1. The molecule has 0 radical (unpaired) electrons. The lowest BCUT2D eigenvalue weighted by molar-refractivity contribution is 0.579. The van der Waals surface area contributed by atoms with E-state index >= 15 is 0 Å². The molecule has 0 amide bonds. The van der Waals surface area contributed by atoms with Gasteiger partial charge < -0.3 is 0 Å². The summed E-state index contributed by atoms with van der Waals surface area (Å²) in [7, 11) is -3.45. The quantitative estimate of drug-likeness (QED) is 0.828. The molecule has 122 valence electrons. The van der Waals surface area contributed by atoms with Crippen molar-refractivity contribution < 1.29 is 8.42 Å². The number of hydrogen-bond donors (Lipinski definition) is 1. The van der Waals surface area contributed by atoms with E-state index in [1.165, 1.54) is 18.4 Å². The van der Waals surface area contributed by atoms with E-state index in [1.807, 2.05) is 12.3 Å². The van der Waals surface area contributed by atoms with Crippen molar-refractivity contribution in [3.05, 3.63) is 54.4 Å². The van der Waals surface area contributed by atoms with Crippen LogP contribution in [0, 0.1) is 0 Å². The van der Waals surface area contributed by atoms with E-state index in [-0.39, 0.29) is 4.90 Å². The highest BCUT2D eigenvalue weighted by molar-refractivity contribution is 7.89. The minimum absolute atomic E-state index is 0.283. The summed E-state index contributed by atoms with van der Waals surface area (Å²) in [6.45, 7) is 0.453. The second-order valence-electron chi connectivity index (χ2n) is 5.70. The van der Waals surface area contributed by atoms with Gasteiger partial charge in [-0.1, -0.05) is 11.6 Å². The van der Waals surface area contributed by atoms with Gasteiger partial charge in [-0.3, -0.25) is 0 Å². The fraction of sp³-hybridized carbons (Fsp3) is 0.353. The number of nitrogens with one attached hydrogen (secondary N) is 1. The van der Waals surface area contributed by atoms with Crippen LogP contribution in [-0.4, -0.2) is 24.7 Å². The monoisotopic (exact) mass is 331 g/mol. The molecule has 1 N–H and O–H groups in total. The third-order valence-corrected chi connectivity index (χ3v) is 5.52. The van der Waals surface area contributed by atoms with Gasteiger partial charge in [0.05, 0.1) is 10.6 Å². The molecule has 0 atom stereocenters. The summed E-state index contributed by atoms with van der Waals surface area (Å²) in [4.78, 5) is 0.283. The average Bonchev–Trinajstić information content (AvgIpc) is 3.10. The summed E-state index contributed by atoms with van der Waals surface area (Å²) in [6.07, 6.45) is 11.2. The van der Waals surface area contributed by atoms with Crippen LogP contribution in [0.5, 0.6) is 0 Å². The summed E-state index contributed by atoms with van der Waals surface area (Å²) in [6, 6.07) is 8.56. The van der Waals surface area contributed by atoms with Gasteiger partial charge in [-0.15, -0.1) is 0 Å². The largest absolute Gasteiger partial charge is 0.241 e. The highest BCUT2D eigenvalue weighted by atomic mass is 32.2. The molecule has 1 aromatic heterocycles. The Morgan fingerprint density at radius 2 is 2.00 bits per heavy atom. The van der Waals surface area contributed by atoms with Gasteiger partial charge in [0.15, 0.2) is 0 Å². The molecule has 1 aliphatic carbocycles. The number of nitrogens with zero attached hydrogens (tertiary/aromatic N) is 2. The van der Waals surface area contributed by atoms with Crippen LogP contribution in [-0.2, 0) is 10.0 Å². The molecular weight excluding hydrogens is 310 g/mol. The Hall–Kier alpha value is -1.92. The average molecular weight is 331 g/mol. The lowest BCUT2D eigenvalue weighted by Gasteiger charge is -2.13. The zero-order valence-corrected chi connectivity index (χ0v) is 13.8. The van der Waals surface area contributed by atoms with Crippen molar-refractivity contribution in [2.75, 3.05) is 6.54 Å². The molecule has 6 heteroatoms. The maximum atomic E-state index is 12.3. The van der Waals surface area contributed by atoms with Crippen LogP contribution in [0.3, 0.4) is 0 Å². The summed E-state index contributed by atoms with van der Waals surface area (Å²) in [5.74, 6) is 0. The Bertz CT molecular complexity index is 763. The molecule has 0 saturated heterocycles. The number of benzene rings is 1. The summed E-state index contributed by atoms with van der Waals surface area (Å²) in [5.41, 5.74) is 2.20. The highest BCUT2D eigenvalue weighted by Gasteiger charge is 2.14. The van der Waals surface area contributed by atoms with Gasteiger partial charge in [0.1, 0.15) is 0 Å². The van der Waals surface area contributed by atoms with E-state index in [1.54, 1.807) is 35.1 Å². The van der Waals surface area contributed by atoms with Gasteiger partial charge >= 0.3 is 0 Å². The zero-order valence-electron chi connectivity index (χ0n) is 13.0. The minimum Gasteiger partial charge on any atom is -0.241 e. The van der Waals surface area contributed by atoms with Crippen molar-refractivity contribution in [3.8, 4) is 5.69 Å². The Balaban J connectivity index is 1.61. The molecule has 0 fully saturated rings. The number of sulfonamides is 1. The number of aromatic nitrogens is 2. The van der Waals surface area contributed by atoms with Gasteiger partial charge in [0.2, 0.25) is 10.0 Å². The number of rotatable bonds is 6. The Kier molecular flexibility index (Phi) is 4.93. The van der Waals surface area contributed by atoms with E-state index in [4.69, 9.17) is 0 Å². The van der Waals surface area contributed by atoms with Gasteiger partial charge in [0.25, 0.3) is 0 Å². The third kappa shape index (κ3) is 4.09. The molecular formula is C17H21N3O2S. The SMILES string of the molecule is O=S(=O)(NCCC1=CCCCC1)c1ccc(-n2cccn2)cc1. The topological polar surface area (TPSA) is 64.0 Å². The molecule has 2 aromatic rings. The first-order valence-corrected chi connectivity index (χ1v) is 9.41. The summed E-state index contributed by atoms with van der Waals surface area (Å²) in [5, 5.41) is 4.13. The van der Waals surface area contributed by atoms with Crippen LogP contribution in [0.15, 0.2) is 59.3 Å². The van der Waals surface area contributed by atoms with Crippen LogP contribution >= 0.6 is 0 Å². The van der Waals surface area contributed by atoms with Crippen LogP contribution in [0.4, 0.5) is 0 Å². The first kappa shape index (κ1) is 16.0. The van der Waals surface area contributed by atoms with E-state index in [0.717, 1.165) is 24.9 Å². The van der Waals surface area contributed by atoms with Gasteiger partial charge in [-0.2, -0.15) is 5.10 Å². The highest BCUT2D eigenvalue weighted by Crippen LogP contribution is 2.20. The Morgan fingerprint density at radius 3 is 2.65 bits per heavy atom. The van der Waals surface area contributed by atoms with Gasteiger partial charge in [0, 0.05) is 18.9 Å². The van der Waals surface area contributed by atoms with Crippen LogP contribution < -0.4 is 4.72 Å². The molecule has 3 rings (SSSR count). The molecule has 0 spiro atoms. The van der Waals surface area contributed by atoms with Gasteiger partial charge in [-0.05, 0) is 62.4 Å². The normalized spacial score (nSPS) is 15.4. The second-order valence-corrected chi connectivity index (χ2v) is 7.47. The molecule has 1 aromatic carbocycles. The van der Waals surface area contributed by atoms with E-state index < -0.39 is 10.0 Å². The lowest BCUT2D eigenvalue weighted by Crippen LogP contribution is -2.25. The molecule has 0 aliphatic heterocycles. The molecule has 0 saturated carbocycles. The predicted molar refractivity (Wildman–Crippen MR) is 89.9 cm³/mol. The van der Waals surface area contributed by atoms with Crippen molar-refractivity contribution >= 4 is 10.0 Å². The smallest absolute Gasteiger partial charge is 0.240 e. The molecule has 0 unspecified atom stereocenters. The van der Waals surface area contributed by atoms with Crippen LogP contribution in [0.2, 0.25) is 0 Å². The van der Waals surface area contributed by atoms with E-state index in [2.05, 4.69) is 15.9 Å². The van der Waals surface area contributed by atoms with Crippen LogP contribution in [0.25, 0.3) is 5.69 Å². The first-order valence-electron chi connectivity index (χ1n) is 7.93. The third-order valence-electron chi connectivity index (χ3n) is 4.04. The Morgan fingerprint density at radius 1 is 1.17 bits per heavy atom. The fourth-order valence-corrected chi connectivity index (χ4v) is 3.79. The second kappa shape index (κ2) is 7.10. The fourth-order valence-electron chi connectivity index (χ4n) is 2.76. The van der Waals surface area contributed by atoms with E-state index in [9.17, 15) is 8.42 Å². The minimum atomic E-state index is -3.45. The van der Waals surface area contributed by atoms with Crippen molar-refractivity contribution in [2.45, 2.75) is 37.0 Å².